The van der Waals surface area contributed by atoms with E-state index in [0.29, 0.717) is 30.9 Å². The summed E-state index contributed by atoms with van der Waals surface area (Å²) in [6, 6.07) is 17.4. The molecular formula is C19H25ClN2O2. The predicted molar refractivity (Wildman–Crippen MR) is 101 cm³/mol. The highest BCUT2D eigenvalue weighted by molar-refractivity contribution is 5.95. The lowest BCUT2D eigenvalue weighted by atomic mass is 10.1. The lowest BCUT2D eigenvalue weighted by Gasteiger charge is -2.22. The van der Waals surface area contributed by atoms with Crippen LogP contribution in [0.15, 0.2) is 54.6 Å². The molecule has 0 fully saturated rings. The summed E-state index contributed by atoms with van der Waals surface area (Å²) < 4.78 is 5.13. The first-order valence-corrected chi connectivity index (χ1v) is 7.88. The van der Waals surface area contributed by atoms with E-state index in [9.17, 15) is 4.79 Å². The van der Waals surface area contributed by atoms with Gasteiger partial charge in [-0.15, -0.1) is 12.4 Å². The average molecular weight is 349 g/mol. The van der Waals surface area contributed by atoms with Crippen molar-refractivity contribution in [1.29, 1.82) is 0 Å². The summed E-state index contributed by atoms with van der Waals surface area (Å²) in [4.78, 5) is 14.5. The van der Waals surface area contributed by atoms with Crippen LogP contribution < -0.4 is 5.73 Å². The molecule has 0 spiro atoms. The molecule has 0 aliphatic heterocycles. The molecule has 0 aliphatic rings. The molecule has 24 heavy (non-hydrogen) atoms. The molecule has 0 saturated heterocycles. The Morgan fingerprint density at radius 3 is 2.50 bits per heavy atom. The van der Waals surface area contributed by atoms with Gasteiger partial charge in [0.05, 0.1) is 6.61 Å². The van der Waals surface area contributed by atoms with Gasteiger partial charge in [0.1, 0.15) is 0 Å². The smallest absolute Gasteiger partial charge is 0.254 e. The zero-order valence-electron chi connectivity index (χ0n) is 14.0. The van der Waals surface area contributed by atoms with Crippen molar-refractivity contribution in [2.45, 2.75) is 12.8 Å². The molecule has 2 rings (SSSR count). The van der Waals surface area contributed by atoms with Crippen LogP contribution in [-0.2, 0) is 11.2 Å². The zero-order valence-corrected chi connectivity index (χ0v) is 14.8. The molecule has 0 aromatic heterocycles. The van der Waals surface area contributed by atoms with E-state index < -0.39 is 0 Å². The Bertz CT molecular complexity index is 620. The second-order valence-corrected chi connectivity index (χ2v) is 5.50. The summed E-state index contributed by atoms with van der Waals surface area (Å²) in [5.74, 6) is 0.00223. The minimum absolute atomic E-state index is 0. The number of nitrogen functional groups attached to an aromatic ring is 1. The summed E-state index contributed by atoms with van der Waals surface area (Å²) in [5, 5.41) is 0. The van der Waals surface area contributed by atoms with Crippen molar-refractivity contribution in [3.8, 4) is 0 Å². The fourth-order valence-corrected chi connectivity index (χ4v) is 2.49. The van der Waals surface area contributed by atoms with E-state index in [-0.39, 0.29) is 18.3 Å². The first kappa shape index (κ1) is 20.0. The van der Waals surface area contributed by atoms with Gasteiger partial charge in [-0.2, -0.15) is 0 Å². The maximum absolute atomic E-state index is 12.7. The van der Waals surface area contributed by atoms with E-state index in [2.05, 4.69) is 12.1 Å². The van der Waals surface area contributed by atoms with E-state index in [1.54, 1.807) is 31.4 Å². The Kier molecular flexibility index (Phi) is 8.90. The number of nitrogens with two attached hydrogens (primary N) is 1. The Hall–Kier alpha value is -2.04. The fourth-order valence-electron chi connectivity index (χ4n) is 2.49. The van der Waals surface area contributed by atoms with Crippen LogP contribution in [0.2, 0.25) is 0 Å². The van der Waals surface area contributed by atoms with Gasteiger partial charge >= 0.3 is 0 Å². The molecule has 0 radical (unpaired) electrons. The molecule has 0 bridgehead atoms. The number of hydrogen-bond acceptors (Lipinski definition) is 3. The van der Waals surface area contributed by atoms with Crippen LogP contribution in [-0.4, -0.2) is 37.6 Å². The number of halogens is 1. The van der Waals surface area contributed by atoms with Gasteiger partial charge in [0.2, 0.25) is 0 Å². The molecule has 0 atom stereocenters. The molecule has 130 valence electrons. The van der Waals surface area contributed by atoms with E-state index in [1.165, 1.54) is 5.56 Å². The standard InChI is InChI=1S/C19H24N2O2.ClH/c1-23-14-13-21(12-6-9-16-7-3-2-4-8-16)19(22)17-10-5-11-18(20)15-17;/h2-5,7-8,10-11,15H,6,9,12-14,20H2,1H3;1H. The van der Waals surface area contributed by atoms with Gasteiger partial charge in [-0.3, -0.25) is 4.79 Å². The highest BCUT2D eigenvalue weighted by atomic mass is 35.5. The number of benzene rings is 2. The highest BCUT2D eigenvalue weighted by Gasteiger charge is 2.15. The van der Waals surface area contributed by atoms with Gasteiger partial charge in [-0.25, -0.2) is 0 Å². The Labute approximate surface area is 150 Å². The molecule has 0 heterocycles. The normalized spacial score (nSPS) is 10.0. The number of rotatable bonds is 8. The molecule has 4 nitrogen and oxygen atoms in total. The first-order chi connectivity index (χ1) is 11.2. The first-order valence-electron chi connectivity index (χ1n) is 7.88. The topological polar surface area (TPSA) is 55.6 Å². The third-order valence-corrected chi connectivity index (χ3v) is 3.72. The molecule has 5 heteroatoms. The second kappa shape index (κ2) is 10.7. The Morgan fingerprint density at radius 2 is 1.83 bits per heavy atom. The number of carbonyl (C=O) groups is 1. The van der Waals surface area contributed by atoms with Crippen LogP contribution in [0.4, 0.5) is 5.69 Å². The summed E-state index contributed by atoms with van der Waals surface area (Å²) in [7, 11) is 1.65. The Morgan fingerprint density at radius 1 is 1.08 bits per heavy atom. The quantitative estimate of drug-likeness (QED) is 0.744. The third-order valence-electron chi connectivity index (χ3n) is 3.72. The van der Waals surface area contributed by atoms with Crippen LogP contribution in [0.1, 0.15) is 22.3 Å². The maximum Gasteiger partial charge on any atom is 0.254 e. The van der Waals surface area contributed by atoms with Crippen molar-refractivity contribution in [2.24, 2.45) is 0 Å². The maximum atomic E-state index is 12.7. The number of carbonyl (C=O) groups excluding carboxylic acids is 1. The number of methoxy groups -OCH3 is 1. The van der Waals surface area contributed by atoms with Crippen LogP contribution >= 0.6 is 12.4 Å². The SMILES string of the molecule is COCCN(CCCc1ccccc1)C(=O)c1cccc(N)c1.Cl. The third kappa shape index (κ3) is 6.22. The van der Waals surface area contributed by atoms with Crippen LogP contribution in [0.25, 0.3) is 0 Å². The minimum Gasteiger partial charge on any atom is -0.399 e. The van der Waals surface area contributed by atoms with Gasteiger partial charge in [0.15, 0.2) is 0 Å². The van der Waals surface area contributed by atoms with E-state index >= 15 is 0 Å². The summed E-state index contributed by atoms with van der Waals surface area (Å²) in [5.41, 5.74) is 8.29. The average Bonchev–Trinajstić information content (AvgIpc) is 2.58. The molecule has 2 aromatic carbocycles. The van der Waals surface area contributed by atoms with Crippen molar-refractivity contribution in [3.05, 3.63) is 65.7 Å². The van der Waals surface area contributed by atoms with Crippen LogP contribution in [0.5, 0.6) is 0 Å². The molecule has 0 aliphatic carbocycles. The van der Waals surface area contributed by atoms with Crippen LogP contribution in [0.3, 0.4) is 0 Å². The number of amides is 1. The van der Waals surface area contributed by atoms with Crippen LogP contribution in [0, 0.1) is 0 Å². The van der Waals surface area contributed by atoms with E-state index in [1.807, 2.05) is 23.1 Å². The fraction of sp³-hybridized carbons (Fsp3) is 0.316. The number of nitrogens with zero attached hydrogens (tertiary/aromatic N) is 1. The minimum atomic E-state index is 0. The van der Waals surface area contributed by atoms with Crippen molar-refractivity contribution < 1.29 is 9.53 Å². The molecule has 2 N–H and O–H groups in total. The highest BCUT2D eigenvalue weighted by Crippen LogP contribution is 2.11. The molecule has 2 aromatic rings. The number of hydrogen-bond donors (Lipinski definition) is 1. The monoisotopic (exact) mass is 348 g/mol. The zero-order chi connectivity index (χ0) is 16.5. The van der Waals surface area contributed by atoms with Crippen molar-refractivity contribution in [3.63, 3.8) is 0 Å². The number of ether oxygens (including phenoxy) is 1. The predicted octanol–water partition coefficient (Wildman–Crippen LogP) is 3.41. The van der Waals surface area contributed by atoms with Crippen molar-refractivity contribution in [1.82, 2.24) is 4.90 Å². The molecular weight excluding hydrogens is 324 g/mol. The van der Waals surface area contributed by atoms with Crippen molar-refractivity contribution >= 4 is 24.0 Å². The molecule has 0 saturated carbocycles. The van der Waals surface area contributed by atoms with Gasteiger partial charge in [-0.05, 0) is 36.6 Å². The lowest BCUT2D eigenvalue weighted by Crippen LogP contribution is -2.35. The van der Waals surface area contributed by atoms with Gasteiger partial charge < -0.3 is 15.4 Å². The van der Waals surface area contributed by atoms with Gasteiger partial charge in [-0.1, -0.05) is 36.4 Å². The largest absolute Gasteiger partial charge is 0.399 e. The Balaban J connectivity index is 0.00000288. The molecule has 1 amide bonds. The van der Waals surface area contributed by atoms with Gasteiger partial charge in [0.25, 0.3) is 5.91 Å². The number of aryl methyl sites for hydroxylation is 1. The number of anilines is 1. The van der Waals surface area contributed by atoms with E-state index in [4.69, 9.17) is 10.5 Å². The summed E-state index contributed by atoms with van der Waals surface area (Å²) >= 11 is 0. The van der Waals surface area contributed by atoms with Gasteiger partial charge in [0, 0.05) is 31.5 Å². The van der Waals surface area contributed by atoms with E-state index in [0.717, 1.165) is 12.8 Å². The van der Waals surface area contributed by atoms with Crippen molar-refractivity contribution in [2.75, 3.05) is 32.5 Å². The summed E-state index contributed by atoms with van der Waals surface area (Å²) in [6.07, 6.45) is 1.87. The second-order valence-electron chi connectivity index (χ2n) is 5.50. The lowest BCUT2D eigenvalue weighted by molar-refractivity contribution is 0.0693. The summed E-state index contributed by atoms with van der Waals surface area (Å²) in [6.45, 7) is 1.81. The molecule has 0 unspecified atom stereocenters.